The van der Waals surface area contributed by atoms with Crippen LogP contribution in [0.5, 0.6) is 0 Å². The first kappa shape index (κ1) is 46.1. The molecule has 0 aromatic heterocycles. The SMILES string of the molecule is CCCOCCC(C)(C)OCCC(C)(C)OCCOCCOCCOCCOCCOCCNC.CSCC(NC=O)C(=O)O. The van der Waals surface area contributed by atoms with Crippen LogP contribution in [0.15, 0.2) is 0 Å². The quantitative estimate of drug-likeness (QED) is 0.0693. The number of carboxylic acid groups (broad SMARTS) is 1. The van der Waals surface area contributed by atoms with Crippen LogP contribution in [0, 0.1) is 0 Å². The molecular weight excluding hydrogens is 608 g/mol. The summed E-state index contributed by atoms with van der Waals surface area (Å²) in [7, 11) is 1.90. The highest BCUT2D eigenvalue weighted by atomic mass is 32.2. The van der Waals surface area contributed by atoms with E-state index in [-0.39, 0.29) is 11.2 Å². The molecule has 0 radical (unpaired) electrons. The number of carbonyl (C=O) groups excluding carboxylic acids is 1. The van der Waals surface area contributed by atoms with Crippen molar-refractivity contribution in [3.63, 3.8) is 0 Å². The third kappa shape index (κ3) is 35.6. The topological polar surface area (TPSA) is 152 Å². The van der Waals surface area contributed by atoms with Gasteiger partial charge in [0.05, 0.1) is 90.5 Å². The van der Waals surface area contributed by atoms with E-state index in [2.05, 4.69) is 45.3 Å². The fourth-order valence-corrected chi connectivity index (χ4v) is 3.83. The molecule has 1 unspecified atom stereocenters. The van der Waals surface area contributed by atoms with E-state index in [4.69, 9.17) is 43.0 Å². The van der Waals surface area contributed by atoms with Crippen molar-refractivity contribution in [3.05, 3.63) is 0 Å². The Hall–Kier alpha value is -1.07. The summed E-state index contributed by atoms with van der Waals surface area (Å²) in [6.07, 6.45) is 4.93. The van der Waals surface area contributed by atoms with Crippen molar-refractivity contribution in [3.8, 4) is 0 Å². The lowest BCUT2D eigenvalue weighted by molar-refractivity contribution is -0.139. The van der Waals surface area contributed by atoms with Crippen molar-refractivity contribution in [2.24, 2.45) is 0 Å². The van der Waals surface area contributed by atoms with E-state index in [1.54, 1.807) is 6.26 Å². The average molecular weight is 673 g/mol. The zero-order valence-corrected chi connectivity index (χ0v) is 29.8. The fourth-order valence-electron chi connectivity index (χ4n) is 3.25. The standard InChI is InChI=1S/C26H55NO8.C5H9NO3S/c1-7-11-28-12-8-25(2,3)34-13-9-26(4,5)35-24-23-33-22-21-32-20-19-31-18-17-30-16-15-29-14-10-27-6;1-10-2-4(5(8)9)6-3-7/h27H,7-24H2,1-6H3;3-4H,2H2,1H3,(H,6,7)(H,8,9). The molecule has 0 aliphatic carbocycles. The highest BCUT2D eigenvalue weighted by Gasteiger charge is 2.22. The first-order valence-electron chi connectivity index (χ1n) is 15.9. The molecule has 0 aliphatic heterocycles. The Labute approximate surface area is 276 Å². The van der Waals surface area contributed by atoms with E-state index in [1.165, 1.54) is 11.8 Å². The lowest BCUT2D eigenvalue weighted by Crippen LogP contribution is -2.37. The number of aliphatic carboxylic acids is 1. The van der Waals surface area contributed by atoms with Gasteiger partial charge in [-0.05, 0) is 60.3 Å². The van der Waals surface area contributed by atoms with Crippen LogP contribution in [0.2, 0.25) is 0 Å². The molecule has 270 valence electrons. The summed E-state index contributed by atoms with van der Waals surface area (Å²) in [6.45, 7) is 19.8. The van der Waals surface area contributed by atoms with Gasteiger partial charge in [0.1, 0.15) is 6.04 Å². The molecule has 0 heterocycles. The van der Waals surface area contributed by atoms with Crippen molar-refractivity contribution >= 4 is 24.1 Å². The molecule has 0 fully saturated rings. The largest absolute Gasteiger partial charge is 0.480 e. The number of hydrogen-bond acceptors (Lipinski definition) is 12. The van der Waals surface area contributed by atoms with Gasteiger partial charge < -0.3 is 53.6 Å². The smallest absolute Gasteiger partial charge is 0.327 e. The third-order valence-electron chi connectivity index (χ3n) is 6.00. The van der Waals surface area contributed by atoms with Crippen LogP contribution in [-0.2, 0) is 47.5 Å². The van der Waals surface area contributed by atoms with E-state index in [1.807, 2.05) is 7.05 Å². The van der Waals surface area contributed by atoms with Crippen LogP contribution in [0.4, 0.5) is 0 Å². The first-order valence-corrected chi connectivity index (χ1v) is 17.2. The number of carboxylic acids is 1. The maximum Gasteiger partial charge on any atom is 0.327 e. The van der Waals surface area contributed by atoms with Crippen LogP contribution in [0.3, 0.4) is 0 Å². The molecule has 0 saturated heterocycles. The molecule has 0 aromatic rings. The summed E-state index contributed by atoms with van der Waals surface area (Å²) in [4.78, 5) is 20.1. The molecular formula is C31H64N2O11S. The highest BCUT2D eigenvalue weighted by molar-refractivity contribution is 7.98. The molecule has 45 heavy (non-hydrogen) atoms. The van der Waals surface area contributed by atoms with Crippen LogP contribution in [0.1, 0.15) is 53.9 Å². The first-order chi connectivity index (χ1) is 21.5. The van der Waals surface area contributed by atoms with Gasteiger partial charge in [-0.3, -0.25) is 4.79 Å². The predicted octanol–water partition coefficient (Wildman–Crippen LogP) is 2.63. The zero-order valence-electron chi connectivity index (χ0n) is 29.0. The van der Waals surface area contributed by atoms with Crippen molar-refractivity contribution in [1.29, 1.82) is 0 Å². The van der Waals surface area contributed by atoms with Crippen LogP contribution in [-0.4, -0.2) is 153 Å². The molecule has 0 spiro atoms. The highest BCUT2D eigenvalue weighted by Crippen LogP contribution is 2.19. The average Bonchev–Trinajstić information content (AvgIpc) is 2.98. The molecule has 14 heteroatoms. The number of likely N-dealkylation sites (N-methyl/N-ethyl adjacent to an activating group) is 1. The van der Waals surface area contributed by atoms with Crippen molar-refractivity contribution < 1.29 is 52.6 Å². The van der Waals surface area contributed by atoms with E-state index >= 15 is 0 Å². The maximum atomic E-state index is 10.2. The van der Waals surface area contributed by atoms with Crippen molar-refractivity contribution in [2.45, 2.75) is 71.1 Å². The number of rotatable bonds is 33. The van der Waals surface area contributed by atoms with Gasteiger partial charge in [-0.1, -0.05) is 6.92 Å². The number of ether oxygens (including phenoxy) is 8. The van der Waals surface area contributed by atoms with E-state index in [0.717, 1.165) is 39.0 Å². The van der Waals surface area contributed by atoms with Crippen LogP contribution in [0.25, 0.3) is 0 Å². The normalized spacial score (nSPS) is 12.4. The van der Waals surface area contributed by atoms with Gasteiger partial charge in [-0.25, -0.2) is 4.79 Å². The maximum absolute atomic E-state index is 10.2. The Bertz CT molecular complexity index is 661. The van der Waals surface area contributed by atoms with Gasteiger partial charge in [-0.2, -0.15) is 11.8 Å². The minimum atomic E-state index is -0.999. The summed E-state index contributed by atoms with van der Waals surface area (Å²) in [5.74, 6) is -0.602. The predicted molar refractivity (Wildman–Crippen MR) is 177 cm³/mol. The number of thioether (sulfide) groups is 1. The Morgan fingerprint density at radius 1 is 0.711 bits per heavy atom. The van der Waals surface area contributed by atoms with E-state index < -0.39 is 12.0 Å². The third-order valence-corrected chi connectivity index (χ3v) is 6.67. The molecule has 1 amide bonds. The Balaban J connectivity index is 0. The minimum absolute atomic E-state index is 0.188. The summed E-state index contributed by atoms with van der Waals surface area (Å²) in [5.41, 5.74) is -0.442. The molecule has 0 bridgehead atoms. The number of nitrogens with one attached hydrogen (secondary N) is 2. The molecule has 0 saturated carbocycles. The number of amides is 1. The summed E-state index contributed by atoms with van der Waals surface area (Å²) >= 11 is 1.38. The molecule has 3 N–H and O–H groups in total. The van der Waals surface area contributed by atoms with E-state index in [0.29, 0.717) is 91.4 Å². The molecule has 13 nitrogen and oxygen atoms in total. The van der Waals surface area contributed by atoms with Gasteiger partial charge in [0.15, 0.2) is 0 Å². The summed E-state index contributed by atoms with van der Waals surface area (Å²) in [6, 6.07) is -0.757. The lowest BCUT2D eigenvalue weighted by Gasteiger charge is -2.29. The van der Waals surface area contributed by atoms with Gasteiger partial charge >= 0.3 is 5.97 Å². The van der Waals surface area contributed by atoms with Gasteiger partial charge in [0, 0.05) is 25.5 Å². The van der Waals surface area contributed by atoms with Crippen molar-refractivity contribution in [2.75, 3.05) is 118 Å². The Kier molecular flexibility index (Phi) is 33.6. The Morgan fingerprint density at radius 2 is 1.13 bits per heavy atom. The molecule has 0 aliphatic rings. The number of carbonyl (C=O) groups is 2. The van der Waals surface area contributed by atoms with E-state index in [9.17, 15) is 9.59 Å². The minimum Gasteiger partial charge on any atom is -0.480 e. The molecule has 0 aromatic carbocycles. The summed E-state index contributed by atoms with van der Waals surface area (Å²) in [5, 5.41) is 13.6. The molecule has 1 atom stereocenters. The lowest BCUT2D eigenvalue weighted by atomic mass is 10.0. The Morgan fingerprint density at radius 3 is 1.56 bits per heavy atom. The van der Waals surface area contributed by atoms with Crippen LogP contribution < -0.4 is 10.6 Å². The van der Waals surface area contributed by atoms with Gasteiger partial charge in [0.25, 0.3) is 0 Å². The second-order valence-corrected chi connectivity index (χ2v) is 12.0. The monoisotopic (exact) mass is 672 g/mol. The van der Waals surface area contributed by atoms with Crippen LogP contribution >= 0.6 is 11.8 Å². The molecule has 0 rings (SSSR count). The second-order valence-electron chi connectivity index (χ2n) is 11.1. The fraction of sp³-hybridized carbons (Fsp3) is 0.935. The second kappa shape index (κ2) is 32.9. The van der Waals surface area contributed by atoms with Gasteiger partial charge in [0.2, 0.25) is 6.41 Å². The van der Waals surface area contributed by atoms with Crippen molar-refractivity contribution in [1.82, 2.24) is 10.6 Å². The van der Waals surface area contributed by atoms with Gasteiger partial charge in [-0.15, -0.1) is 0 Å². The summed E-state index contributed by atoms with van der Waals surface area (Å²) < 4.78 is 44.9. The zero-order chi connectivity index (χ0) is 34.1. The number of hydrogen-bond donors (Lipinski definition) is 3.